The summed E-state index contributed by atoms with van der Waals surface area (Å²) in [6.45, 7) is 5.11. The van der Waals surface area contributed by atoms with E-state index in [-0.39, 0.29) is 5.69 Å². The van der Waals surface area contributed by atoms with Gasteiger partial charge in [-0.25, -0.2) is 9.89 Å². The zero-order chi connectivity index (χ0) is 13.2. The number of fused-ring (bicyclic) bond motifs is 1. The molecular weight excluding hydrogens is 244 g/mol. The highest BCUT2D eigenvalue weighted by molar-refractivity contribution is 5.46. The number of H-pyrrole nitrogens is 1. The monoisotopic (exact) mass is 262 g/mol. The van der Waals surface area contributed by atoms with E-state index in [1.54, 1.807) is 0 Å². The van der Waals surface area contributed by atoms with Gasteiger partial charge in [-0.1, -0.05) is 6.92 Å². The first-order chi connectivity index (χ1) is 9.29. The van der Waals surface area contributed by atoms with Gasteiger partial charge in [0.2, 0.25) is 0 Å². The number of nitrogens with one attached hydrogen (secondary N) is 2. The molecule has 0 saturated carbocycles. The third-order valence-corrected chi connectivity index (χ3v) is 3.49. The van der Waals surface area contributed by atoms with E-state index in [0.717, 1.165) is 38.3 Å². The standard InChI is InChI=1S/C12H18N6O/c1-2-7-17(9-5-6-13-8-9)11-4-3-10-14-15-12(19)18(10)16-11/h3-4,9,13H,2,5-8H2,1H3,(H,15,19). The second-order valence-electron chi connectivity index (χ2n) is 4.83. The Labute approximate surface area is 110 Å². The van der Waals surface area contributed by atoms with Gasteiger partial charge >= 0.3 is 5.69 Å². The van der Waals surface area contributed by atoms with Gasteiger partial charge in [0.1, 0.15) is 5.82 Å². The summed E-state index contributed by atoms with van der Waals surface area (Å²) in [4.78, 5) is 13.9. The lowest BCUT2D eigenvalue weighted by Crippen LogP contribution is -2.38. The average molecular weight is 262 g/mol. The summed E-state index contributed by atoms with van der Waals surface area (Å²) in [7, 11) is 0. The lowest BCUT2D eigenvalue weighted by molar-refractivity contribution is 0.611. The number of anilines is 1. The molecule has 1 aliphatic rings. The molecule has 19 heavy (non-hydrogen) atoms. The first kappa shape index (κ1) is 12.2. The smallest absolute Gasteiger partial charge is 0.351 e. The molecule has 2 aromatic rings. The fourth-order valence-corrected chi connectivity index (χ4v) is 2.58. The lowest BCUT2D eigenvalue weighted by Gasteiger charge is -2.28. The number of rotatable bonds is 4. The molecular formula is C12H18N6O. The van der Waals surface area contributed by atoms with Crippen molar-refractivity contribution in [2.24, 2.45) is 0 Å². The predicted molar refractivity (Wildman–Crippen MR) is 72.5 cm³/mol. The van der Waals surface area contributed by atoms with Crippen LogP contribution in [0.3, 0.4) is 0 Å². The average Bonchev–Trinajstić information content (AvgIpc) is 3.06. The van der Waals surface area contributed by atoms with Crippen LogP contribution in [0.15, 0.2) is 16.9 Å². The third-order valence-electron chi connectivity index (χ3n) is 3.49. The SMILES string of the molecule is CCCN(c1ccc2n[nH]c(=O)n2n1)C1CCNC1. The molecule has 2 aromatic heterocycles. The van der Waals surface area contributed by atoms with Crippen LogP contribution in [0.4, 0.5) is 5.82 Å². The minimum Gasteiger partial charge on any atom is -0.351 e. The van der Waals surface area contributed by atoms with E-state index in [0.29, 0.717) is 11.7 Å². The van der Waals surface area contributed by atoms with Crippen molar-refractivity contribution in [3.8, 4) is 0 Å². The van der Waals surface area contributed by atoms with E-state index in [2.05, 4.69) is 32.4 Å². The van der Waals surface area contributed by atoms with Crippen molar-refractivity contribution >= 4 is 11.5 Å². The highest BCUT2D eigenvalue weighted by atomic mass is 16.2. The largest absolute Gasteiger partial charge is 0.364 e. The van der Waals surface area contributed by atoms with Crippen molar-refractivity contribution in [3.05, 3.63) is 22.6 Å². The van der Waals surface area contributed by atoms with E-state index >= 15 is 0 Å². The zero-order valence-electron chi connectivity index (χ0n) is 11.0. The molecule has 102 valence electrons. The quantitative estimate of drug-likeness (QED) is 0.810. The van der Waals surface area contributed by atoms with Gasteiger partial charge in [-0.15, -0.1) is 5.10 Å². The molecule has 1 fully saturated rings. The minimum atomic E-state index is -0.294. The summed E-state index contributed by atoms with van der Waals surface area (Å²) in [5.41, 5.74) is 0.257. The highest BCUT2D eigenvalue weighted by Gasteiger charge is 2.23. The van der Waals surface area contributed by atoms with Crippen molar-refractivity contribution in [3.63, 3.8) is 0 Å². The Hall–Kier alpha value is -1.89. The summed E-state index contributed by atoms with van der Waals surface area (Å²) in [5.74, 6) is 0.839. The van der Waals surface area contributed by atoms with Crippen LogP contribution in [0.25, 0.3) is 5.65 Å². The van der Waals surface area contributed by atoms with Gasteiger partial charge in [-0.05, 0) is 31.5 Å². The normalized spacial score (nSPS) is 19.1. The van der Waals surface area contributed by atoms with Crippen molar-refractivity contribution in [2.75, 3.05) is 24.5 Å². The molecule has 2 N–H and O–H groups in total. The fourth-order valence-electron chi connectivity index (χ4n) is 2.58. The van der Waals surface area contributed by atoms with Crippen LogP contribution in [0.2, 0.25) is 0 Å². The van der Waals surface area contributed by atoms with Gasteiger partial charge in [0.15, 0.2) is 5.65 Å². The van der Waals surface area contributed by atoms with Crippen molar-refractivity contribution < 1.29 is 0 Å². The topological polar surface area (TPSA) is 78.3 Å². The maximum absolute atomic E-state index is 11.6. The van der Waals surface area contributed by atoms with Gasteiger partial charge in [-0.3, -0.25) is 0 Å². The van der Waals surface area contributed by atoms with Crippen LogP contribution >= 0.6 is 0 Å². The molecule has 0 aromatic carbocycles. The molecule has 7 nitrogen and oxygen atoms in total. The van der Waals surface area contributed by atoms with Crippen molar-refractivity contribution in [1.29, 1.82) is 0 Å². The maximum atomic E-state index is 11.6. The zero-order valence-corrected chi connectivity index (χ0v) is 11.0. The van der Waals surface area contributed by atoms with Gasteiger partial charge in [0.25, 0.3) is 0 Å². The molecule has 1 aliphatic heterocycles. The summed E-state index contributed by atoms with van der Waals surface area (Å²) >= 11 is 0. The van der Waals surface area contributed by atoms with Gasteiger partial charge in [0.05, 0.1) is 0 Å². The molecule has 3 heterocycles. The fraction of sp³-hybridized carbons (Fsp3) is 0.583. The van der Waals surface area contributed by atoms with Crippen LogP contribution in [0.1, 0.15) is 19.8 Å². The molecule has 1 saturated heterocycles. The van der Waals surface area contributed by atoms with E-state index in [1.807, 2.05) is 12.1 Å². The molecule has 0 radical (unpaired) electrons. The Bertz CT molecular complexity index is 612. The Kier molecular flexibility index (Phi) is 3.20. The van der Waals surface area contributed by atoms with E-state index in [1.165, 1.54) is 4.52 Å². The molecule has 3 rings (SSSR count). The Morgan fingerprint density at radius 1 is 1.53 bits per heavy atom. The van der Waals surface area contributed by atoms with E-state index < -0.39 is 0 Å². The molecule has 1 atom stereocenters. The summed E-state index contributed by atoms with van der Waals surface area (Å²) in [6, 6.07) is 4.21. The summed E-state index contributed by atoms with van der Waals surface area (Å²) in [5, 5.41) is 14.1. The lowest BCUT2D eigenvalue weighted by atomic mass is 10.2. The third kappa shape index (κ3) is 2.21. The predicted octanol–water partition coefficient (Wildman–Crippen LogP) is -0.00410. The summed E-state index contributed by atoms with van der Waals surface area (Å²) in [6.07, 6.45) is 2.16. The minimum absolute atomic E-state index is 0.294. The van der Waals surface area contributed by atoms with Crippen LogP contribution < -0.4 is 15.9 Å². The van der Waals surface area contributed by atoms with Gasteiger partial charge in [-0.2, -0.15) is 9.61 Å². The number of hydrogen-bond acceptors (Lipinski definition) is 5. The van der Waals surface area contributed by atoms with Gasteiger partial charge < -0.3 is 10.2 Å². The number of aromatic amines is 1. The second kappa shape index (κ2) is 5.00. The van der Waals surface area contributed by atoms with Gasteiger partial charge in [0, 0.05) is 19.1 Å². The molecule has 0 spiro atoms. The molecule has 7 heteroatoms. The molecule has 0 aliphatic carbocycles. The number of aromatic nitrogens is 4. The Balaban J connectivity index is 1.98. The second-order valence-corrected chi connectivity index (χ2v) is 4.83. The van der Waals surface area contributed by atoms with Crippen LogP contribution in [0.5, 0.6) is 0 Å². The van der Waals surface area contributed by atoms with E-state index in [4.69, 9.17) is 0 Å². The van der Waals surface area contributed by atoms with Crippen molar-refractivity contribution in [2.45, 2.75) is 25.8 Å². The Morgan fingerprint density at radius 3 is 3.16 bits per heavy atom. The molecule has 1 unspecified atom stereocenters. The number of hydrogen-bond donors (Lipinski definition) is 2. The van der Waals surface area contributed by atoms with Crippen LogP contribution in [-0.4, -0.2) is 45.5 Å². The highest BCUT2D eigenvalue weighted by Crippen LogP contribution is 2.18. The van der Waals surface area contributed by atoms with Crippen molar-refractivity contribution in [1.82, 2.24) is 25.1 Å². The van der Waals surface area contributed by atoms with Crippen LogP contribution in [-0.2, 0) is 0 Å². The number of nitrogens with zero attached hydrogens (tertiary/aromatic N) is 4. The maximum Gasteiger partial charge on any atom is 0.364 e. The van der Waals surface area contributed by atoms with E-state index in [9.17, 15) is 4.79 Å². The molecule has 0 amide bonds. The Morgan fingerprint density at radius 2 is 2.42 bits per heavy atom. The summed E-state index contributed by atoms with van der Waals surface area (Å²) < 4.78 is 1.32. The first-order valence-corrected chi connectivity index (χ1v) is 6.71. The van der Waals surface area contributed by atoms with Crippen LogP contribution in [0, 0.1) is 0 Å². The molecule has 0 bridgehead atoms. The first-order valence-electron chi connectivity index (χ1n) is 6.71.